The number of para-hydroxylation sites is 2. The summed E-state index contributed by atoms with van der Waals surface area (Å²) in [6.45, 7) is 3.59. The zero-order chi connectivity index (χ0) is 28.2. The van der Waals surface area contributed by atoms with E-state index in [1.807, 2.05) is 60.0 Å². The summed E-state index contributed by atoms with van der Waals surface area (Å²) >= 11 is 1.53. The molecule has 0 saturated heterocycles. The van der Waals surface area contributed by atoms with Crippen LogP contribution in [0.5, 0.6) is 0 Å². The van der Waals surface area contributed by atoms with Crippen molar-refractivity contribution >= 4 is 46.0 Å². The SMILES string of the molecule is CC(=O)O[C@@H](C(=O)CCc1cc(Cn2cnc3ccccc32)cs1)[C@@H](OC(C)=O)C(=O)N1Cc2ccccc2C1. The van der Waals surface area contributed by atoms with Crippen LogP contribution in [-0.2, 0) is 54.7 Å². The number of carbonyl (C=O) groups is 4. The van der Waals surface area contributed by atoms with Gasteiger partial charge in [0, 0.05) is 44.8 Å². The number of hydrogen-bond acceptors (Lipinski definition) is 8. The highest BCUT2D eigenvalue weighted by molar-refractivity contribution is 7.10. The maximum absolute atomic E-state index is 13.5. The number of imidazole rings is 1. The van der Waals surface area contributed by atoms with Gasteiger partial charge in [-0.1, -0.05) is 36.4 Å². The highest BCUT2D eigenvalue weighted by Gasteiger charge is 2.42. The van der Waals surface area contributed by atoms with E-state index in [4.69, 9.17) is 9.47 Å². The van der Waals surface area contributed by atoms with Crippen molar-refractivity contribution in [1.29, 1.82) is 0 Å². The Morgan fingerprint density at radius 3 is 2.27 bits per heavy atom. The molecule has 4 aromatic rings. The minimum atomic E-state index is -1.56. The number of benzene rings is 2. The molecule has 10 heteroatoms. The van der Waals surface area contributed by atoms with E-state index in [0.717, 1.165) is 46.4 Å². The predicted octanol–water partition coefficient (Wildman–Crippen LogP) is 4.05. The number of aromatic nitrogens is 2. The van der Waals surface area contributed by atoms with Gasteiger partial charge >= 0.3 is 11.9 Å². The minimum absolute atomic E-state index is 0.0111. The Bertz CT molecular complexity index is 1550. The zero-order valence-corrected chi connectivity index (χ0v) is 23.1. The largest absolute Gasteiger partial charge is 0.450 e. The molecule has 2 aromatic heterocycles. The number of carbonyl (C=O) groups excluding carboxylic acids is 4. The molecular weight excluding hydrogens is 530 g/mol. The topological polar surface area (TPSA) is 108 Å². The Kier molecular flexibility index (Phi) is 8.06. The van der Waals surface area contributed by atoms with Crippen molar-refractivity contribution in [1.82, 2.24) is 14.5 Å². The molecule has 0 unspecified atom stereocenters. The number of ether oxygens (including phenoxy) is 2. The van der Waals surface area contributed by atoms with Crippen molar-refractivity contribution in [3.05, 3.63) is 87.9 Å². The maximum atomic E-state index is 13.5. The van der Waals surface area contributed by atoms with Crippen molar-refractivity contribution in [3.8, 4) is 0 Å². The lowest BCUT2D eigenvalue weighted by atomic mass is 10.0. The molecular formula is C30H29N3O6S. The third kappa shape index (κ3) is 6.12. The summed E-state index contributed by atoms with van der Waals surface area (Å²) in [7, 11) is 0. The van der Waals surface area contributed by atoms with Crippen LogP contribution in [0.3, 0.4) is 0 Å². The molecule has 5 rings (SSSR count). The fraction of sp³-hybridized carbons (Fsp3) is 0.300. The molecule has 1 amide bonds. The van der Waals surface area contributed by atoms with Crippen molar-refractivity contribution in [2.75, 3.05) is 0 Å². The first-order valence-electron chi connectivity index (χ1n) is 13.0. The maximum Gasteiger partial charge on any atom is 0.303 e. The standard InChI is InChI=1S/C30H29N3O6S/c1-19(34)38-28(29(39-20(2)35)30(37)32-15-22-7-3-4-8-23(22)16-32)27(36)12-11-24-13-21(17-40-24)14-33-18-31-25-9-5-6-10-26(25)33/h3-10,13,17-18,28-29H,11-12,14-16H2,1-2H3/t28-,29+/m0/s1. The number of esters is 2. The van der Waals surface area contributed by atoms with E-state index in [-0.39, 0.29) is 6.42 Å². The van der Waals surface area contributed by atoms with Crippen LogP contribution >= 0.6 is 11.3 Å². The monoisotopic (exact) mass is 559 g/mol. The number of Topliss-reactive ketones (excluding diaryl/α,β-unsaturated/α-hetero) is 1. The third-order valence-corrected chi connectivity index (χ3v) is 7.83. The molecule has 0 saturated carbocycles. The van der Waals surface area contributed by atoms with Crippen LogP contribution in [-0.4, -0.2) is 50.3 Å². The second kappa shape index (κ2) is 11.8. The van der Waals surface area contributed by atoms with E-state index < -0.39 is 35.8 Å². The Hall–Kier alpha value is -4.31. The molecule has 0 aliphatic carbocycles. The van der Waals surface area contributed by atoms with E-state index in [1.165, 1.54) is 16.2 Å². The van der Waals surface area contributed by atoms with Gasteiger partial charge in [0.1, 0.15) is 0 Å². The molecule has 206 valence electrons. The van der Waals surface area contributed by atoms with Crippen LogP contribution < -0.4 is 0 Å². The van der Waals surface area contributed by atoms with E-state index in [1.54, 1.807) is 6.33 Å². The molecule has 0 spiro atoms. The van der Waals surface area contributed by atoms with Gasteiger partial charge in [0.2, 0.25) is 12.2 Å². The molecule has 0 radical (unpaired) electrons. The summed E-state index contributed by atoms with van der Waals surface area (Å²) in [5.74, 6) is -2.53. The summed E-state index contributed by atoms with van der Waals surface area (Å²) in [6, 6.07) is 17.5. The smallest absolute Gasteiger partial charge is 0.303 e. The number of thiophene rings is 1. The summed E-state index contributed by atoms with van der Waals surface area (Å²) in [6.07, 6.45) is -0.884. The summed E-state index contributed by atoms with van der Waals surface area (Å²) in [5.41, 5.74) is 5.00. The molecule has 0 N–H and O–H groups in total. The molecule has 2 atom stereocenters. The van der Waals surface area contributed by atoms with Gasteiger partial charge < -0.3 is 18.9 Å². The number of nitrogens with zero attached hydrogens (tertiary/aromatic N) is 3. The molecule has 9 nitrogen and oxygen atoms in total. The van der Waals surface area contributed by atoms with Gasteiger partial charge in [-0.15, -0.1) is 11.3 Å². The lowest BCUT2D eigenvalue weighted by Gasteiger charge is -2.28. The van der Waals surface area contributed by atoms with Gasteiger partial charge in [0.25, 0.3) is 5.91 Å². The summed E-state index contributed by atoms with van der Waals surface area (Å²) in [5, 5.41) is 2.04. The second-order valence-electron chi connectivity index (χ2n) is 9.77. The van der Waals surface area contributed by atoms with E-state index in [0.29, 0.717) is 26.1 Å². The van der Waals surface area contributed by atoms with Gasteiger partial charge in [-0.05, 0) is 46.7 Å². The second-order valence-corrected chi connectivity index (χ2v) is 10.8. The van der Waals surface area contributed by atoms with Crippen molar-refractivity contribution in [2.45, 2.75) is 58.5 Å². The predicted molar refractivity (Wildman–Crippen MR) is 148 cm³/mol. The zero-order valence-electron chi connectivity index (χ0n) is 22.2. The number of hydrogen-bond donors (Lipinski definition) is 0. The number of amides is 1. The Morgan fingerprint density at radius 1 is 0.925 bits per heavy atom. The summed E-state index contributed by atoms with van der Waals surface area (Å²) < 4.78 is 12.7. The first-order valence-corrected chi connectivity index (χ1v) is 13.9. The van der Waals surface area contributed by atoms with Crippen LogP contribution in [0, 0.1) is 0 Å². The van der Waals surface area contributed by atoms with Gasteiger partial charge in [0.15, 0.2) is 5.78 Å². The quantitative estimate of drug-likeness (QED) is 0.270. The molecule has 40 heavy (non-hydrogen) atoms. The van der Waals surface area contributed by atoms with Gasteiger partial charge in [0.05, 0.1) is 17.4 Å². The van der Waals surface area contributed by atoms with E-state index in [2.05, 4.69) is 9.55 Å². The first kappa shape index (κ1) is 27.3. The Labute approximate surface area is 235 Å². The molecule has 0 fully saturated rings. The third-order valence-electron chi connectivity index (χ3n) is 6.78. The fourth-order valence-corrected chi connectivity index (χ4v) is 5.81. The average molecular weight is 560 g/mol. The molecule has 0 bridgehead atoms. The fourth-order valence-electron chi connectivity index (χ4n) is 4.93. The first-order chi connectivity index (χ1) is 19.3. The lowest BCUT2D eigenvalue weighted by Crippen LogP contribution is -2.50. The van der Waals surface area contributed by atoms with Crippen molar-refractivity contribution in [3.63, 3.8) is 0 Å². The normalized spacial score (nSPS) is 14.0. The highest BCUT2D eigenvalue weighted by Crippen LogP contribution is 2.26. The number of fused-ring (bicyclic) bond motifs is 2. The molecule has 2 aromatic carbocycles. The Balaban J connectivity index is 1.27. The molecule has 1 aliphatic rings. The summed E-state index contributed by atoms with van der Waals surface area (Å²) in [4.78, 5) is 57.7. The van der Waals surface area contributed by atoms with Crippen LogP contribution in [0.25, 0.3) is 11.0 Å². The van der Waals surface area contributed by atoms with Crippen LogP contribution in [0.1, 0.15) is 41.8 Å². The number of rotatable bonds is 10. The molecule has 1 aliphatic heterocycles. The average Bonchev–Trinajstić information content (AvgIpc) is 3.67. The molecule has 3 heterocycles. The van der Waals surface area contributed by atoms with Crippen molar-refractivity contribution in [2.24, 2.45) is 0 Å². The van der Waals surface area contributed by atoms with Crippen molar-refractivity contribution < 1.29 is 28.7 Å². The van der Waals surface area contributed by atoms with Crippen LogP contribution in [0.15, 0.2) is 66.3 Å². The van der Waals surface area contributed by atoms with Crippen LogP contribution in [0.2, 0.25) is 0 Å². The van der Waals surface area contributed by atoms with E-state index >= 15 is 0 Å². The Morgan fingerprint density at radius 2 is 1.57 bits per heavy atom. The minimum Gasteiger partial charge on any atom is -0.450 e. The number of ketones is 1. The van der Waals surface area contributed by atoms with Gasteiger partial charge in [-0.3, -0.25) is 19.2 Å². The highest BCUT2D eigenvalue weighted by atomic mass is 32.1. The lowest BCUT2D eigenvalue weighted by molar-refractivity contribution is -0.177. The number of aryl methyl sites for hydroxylation is 1. The van der Waals surface area contributed by atoms with Gasteiger partial charge in [-0.2, -0.15) is 0 Å². The van der Waals surface area contributed by atoms with Crippen LogP contribution in [0.4, 0.5) is 0 Å². The van der Waals surface area contributed by atoms with E-state index in [9.17, 15) is 19.2 Å². The van der Waals surface area contributed by atoms with Gasteiger partial charge in [-0.25, -0.2) is 4.98 Å².